The number of amides is 1. The van der Waals surface area contributed by atoms with Crippen molar-refractivity contribution in [3.8, 4) is 5.75 Å². The van der Waals surface area contributed by atoms with Crippen LogP contribution >= 0.6 is 11.3 Å². The third-order valence-corrected chi connectivity index (χ3v) is 5.14. The molecule has 1 amide bonds. The Morgan fingerprint density at radius 3 is 3.04 bits per heavy atom. The van der Waals surface area contributed by atoms with Crippen LogP contribution in [0.1, 0.15) is 28.6 Å². The van der Waals surface area contributed by atoms with Gasteiger partial charge in [-0.05, 0) is 19.4 Å². The Balaban J connectivity index is 1.75. The van der Waals surface area contributed by atoms with E-state index in [1.54, 1.807) is 16.2 Å². The Bertz CT molecular complexity index is 686. The number of hydrogen-bond donors (Lipinski definition) is 1. The fourth-order valence-electron chi connectivity index (χ4n) is 2.89. The van der Waals surface area contributed by atoms with E-state index in [2.05, 4.69) is 4.98 Å². The molecule has 0 radical (unpaired) electrons. The van der Waals surface area contributed by atoms with E-state index in [1.165, 1.54) is 0 Å². The van der Waals surface area contributed by atoms with Crippen molar-refractivity contribution in [2.24, 2.45) is 0 Å². The SMILES string of the molecule is Cc1ncsc1CCC(=O)N1CCOc2ccccc2C1CO. The number of carbonyl (C=O) groups is 1. The third-order valence-electron chi connectivity index (χ3n) is 4.15. The highest BCUT2D eigenvalue weighted by Gasteiger charge is 2.29. The van der Waals surface area contributed by atoms with E-state index >= 15 is 0 Å². The highest BCUT2D eigenvalue weighted by molar-refractivity contribution is 7.09. The number of thiazole rings is 1. The number of aryl methyl sites for hydroxylation is 2. The number of benzene rings is 1. The summed E-state index contributed by atoms with van der Waals surface area (Å²) in [5, 5.41) is 9.82. The number of aliphatic hydroxyl groups is 1. The highest BCUT2D eigenvalue weighted by Crippen LogP contribution is 2.32. The number of fused-ring (bicyclic) bond motifs is 1. The standard InChI is InChI=1S/C17H20N2O3S/c1-12-16(23-11-18-12)6-7-17(21)19-8-9-22-15-5-3-2-4-13(15)14(19)10-20/h2-5,11,14,20H,6-10H2,1H3. The number of carbonyl (C=O) groups excluding carboxylic acids is 1. The van der Waals surface area contributed by atoms with Crippen molar-refractivity contribution in [2.75, 3.05) is 19.8 Å². The van der Waals surface area contributed by atoms with Gasteiger partial charge < -0.3 is 14.7 Å². The minimum absolute atomic E-state index is 0.0390. The van der Waals surface area contributed by atoms with Crippen molar-refractivity contribution in [1.82, 2.24) is 9.88 Å². The number of para-hydroxylation sites is 1. The van der Waals surface area contributed by atoms with E-state index < -0.39 is 0 Å². The van der Waals surface area contributed by atoms with Crippen molar-refractivity contribution in [2.45, 2.75) is 25.8 Å². The van der Waals surface area contributed by atoms with Crippen LogP contribution in [0.5, 0.6) is 5.75 Å². The zero-order valence-electron chi connectivity index (χ0n) is 13.1. The molecule has 1 aromatic carbocycles. The van der Waals surface area contributed by atoms with Gasteiger partial charge >= 0.3 is 0 Å². The van der Waals surface area contributed by atoms with E-state index in [-0.39, 0.29) is 18.6 Å². The summed E-state index contributed by atoms with van der Waals surface area (Å²) in [6, 6.07) is 7.25. The molecule has 23 heavy (non-hydrogen) atoms. The fraction of sp³-hybridized carbons (Fsp3) is 0.412. The van der Waals surface area contributed by atoms with Gasteiger partial charge in [-0.1, -0.05) is 18.2 Å². The lowest BCUT2D eigenvalue weighted by atomic mass is 10.0. The number of nitrogens with zero attached hydrogens (tertiary/aromatic N) is 2. The molecule has 1 unspecified atom stereocenters. The number of aliphatic hydroxyl groups excluding tert-OH is 1. The summed E-state index contributed by atoms with van der Waals surface area (Å²) in [7, 11) is 0. The number of ether oxygens (including phenoxy) is 1. The monoisotopic (exact) mass is 332 g/mol. The maximum absolute atomic E-state index is 12.7. The topological polar surface area (TPSA) is 62.7 Å². The van der Waals surface area contributed by atoms with Gasteiger partial charge in [0.25, 0.3) is 0 Å². The van der Waals surface area contributed by atoms with Gasteiger partial charge in [0.2, 0.25) is 5.91 Å². The molecule has 0 spiro atoms. The van der Waals surface area contributed by atoms with E-state index in [4.69, 9.17) is 4.74 Å². The molecule has 3 rings (SSSR count). The number of rotatable bonds is 4. The predicted molar refractivity (Wildman–Crippen MR) is 88.6 cm³/mol. The molecule has 2 aromatic rings. The average molecular weight is 332 g/mol. The van der Waals surface area contributed by atoms with Crippen molar-refractivity contribution in [3.05, 3.63) is 45.9 Å². The molecule has 0 fully saturated rings. The van der Waals surface area contributed by atoms with Gasteiger partial charge in [0.1, 0.15) is 12.4 Å². The molecule has 1 atom stereocenters. The van der Waals surface area contributed by atoms with Crippen molar-refractivity contribution in [3.63, 3.8) is 0 Å². The average Bonchev–Trinajstić information content (AvgIpc) is 2.88. The molecule has 6 heteroatoms. The Hall–Kier alpha value is -1.92. The third kappa shape index (κ3) is 3.38. The number of hydrogen-bond acceptors (Lipinski definition) is 5. The van der Waals surface area contributed by atoms with Crippen LogP contribution in [0.3, 0.4) is 0 Å². The largest absolute Gasteiger partial charge is 0.491 e. The Morgan fingerprint density at radius 2 is 2.30 bits per heavy atom. The first kappa shape index (κ1) is 16.0. The summed E-state index contributed by atoms with van der Waals surface area (Å²) in [5.41, 5.74) is 3.67. The Labute approximate surface area is 139 Å². The van der Waals surface area contributed by atoms with Crippen LogP contribution in [0.25, 0.3) is 0 Å². The maximum Gasteiger partial charge on any atom is 0.223 e. The van der Waals surface area contributed by atoms with E-state index in [0.29, 0.717) is 26.0 Å². The van der Waals surface area contributed by atoms with Gasteiger partial charge in [-0.3, -0.25) is 4.79 Å². The van der Waals surface area contributed by atoms with Crippen molar-refractivity contribution < 1.29 is 14.6 Å². The van der Waals surface area contributed by atoms with Gasteiger partial charge in [-0.25, -0.2) is 4.98 Å². The summed E-state index contributed by atoms with van der Waals surface area (Å²) >= 11 is 1.58. The smallest absolute Gasteiger partial charge is 0.223 e. The molecular formula is C17H20N2O3S. The summed E-state index contributed by atoms with van der Waals surface area (Å²) in [4.78, 5) is 19.8. The van der Waals surface area contributed by atoms with Crippen LogP contribution in [0, 0.1) is 6.92 Å². The lowest BCUT2D eigenvalue weighted by Gasteiger charge is -2.28. The summed E-state index contributed by atoms with van der Waals surface area (Å²) in [6.07, 6.45) is 1.11. The molecule has 0 saturated carbocycles. The Kier molecular flexibility index (Phi) is 4.93. The predicted octanol–water partition coefficient (Wildman–Crippen LogP) is 2.34. The first-order chi connectivity index (χ1) is 11.2. The van der Waals surface area contributed by atoms with Crippen LogP contribution in [0.4, 0.5) is 0 Å². The molecule has 1 aliphatic heterocycles. The van der Waals surface area contributed by atoms with Gasteiger partial charge in [-0.2, -0.15) is 0 Å². The van der Waals surface area contributed by atoms with E-state index in [9.17, 15) is 9.90 Å². The lowest BCUT2D eigenvalue weighted by molar-refractivity contribution is -0.134. The minimum atomic E-state index is -0.344. The first-order valence-electron chi connectivity index (χ1n) is 7.71. The second kappa shape index (κ2) is 7.10. The summed E-state index contributed by atoms with van der Waals surface area (Å²) < 4.78 is 5.72. The second-order valence-corrected chi connectivity index (χ2v) is 6.47. The molecule has 0 bridgehead atoms. The van der Waals surface area contributed by atoms with Crippen LogP contribution in [0.2, 0.25) is 0 Å². The second-order valence-electron chi connectivity index (χ2n) is 5.53. The zero-order chi connectivity index (χ0) is 16.2. The minimum Gasteiger partial charge on any atom is -0.491 e. The van der Waals surface area contributed by atoms with Gasteiger partial charge in [0.05, 0.1) is 30.4 Å². The summed E-state index contributed by atoms with van der Waals surface area (Å²) in [6.45, 7) is 2.79. The van der Waals surface area contributed by atoms with Crippen LogP contribution < -0.4 is 4.74 Å². The number of aromatic nitrogens is 1. The highest BCUT2D eigenvalue weighted by atomic mass is 32.1. The quantitative estimate of drug-likeness (QED) is 0.933. The molecule has 1 aliphatic rings. The van der Waals surface area contributed by atoms with Gasteiger partial charge in [0.15, 0.2) is 0 Å². The molecule has 5 nitrogen and oxygen atoms in total. The van der Waals surface area contributed by atoms with Crippen molar-refractivity contribution in [1.29, 1.82) is 0 Å². The Morgan fingerprint density at radius 1 is 1.48 bits per heavy atom. The van der Waals surface area contributed by atoms with Crippen LogP contribution in [0.15, 0.2) is 29.8 Å². The van der Waals surface area contributed by atoms with Crippen LogP contribution in [-0.4, -0.2) is 40.7 Å². The molecule has 1 N–H and O–H groups in total. The van der Waals surface area contributed by atoms with Crippen LogP contribution in [-0.2, 0) is 11.2 Å². The van der Waals surface area contributed by atoms with Gasteiger partial charge in [0, 0.05) is 16.9 Å². The molecule has 1 aromatic heterocycles. The molecule has 0 saturated heterocycles. The normalized spacial score (nSPS) is 17.3. The first-order valence-corrected chi connectivity index (χ1v) is 8.59. The lowest BCUT2D eigenvalue weighted by Crippen LogP contribution is -2.38. The molecular weight excluding hydrogens is 312 g/mol. The zero-order valence-corrected chi connectivity index (χ0v) is 13.9. The molecule has 122 valence electrons. The maximum atomic E-state index is 12.7. The summed E-state index contributed by atoms with van der Waals surface area (Å²) in [5.74, 6) is 0.789. The molecule has 2 heterocycles. The van der Waals surface area contributed by atoms with Crippen molar-refractivity contribution >= 4 is 17.2 Å². The van der Waals surface area contributed by atoms with E-state index in [0.717, 1.165) is 21.9 Å². The molecule has 0 aliphatic carbocycles. The fourth-order valence-corrected chi connectivity index (χ4v) is 3.67. The van der Waals surface area contributed by atoms with E-state index in [1.807, 2.05) is 36.7 Å². The van der Waals surface area contributed by atoms with Gasteiger partial charge in [-0.15, -0.1) is 11.3 Å².